The Hall–Kier alpha value is -4.89. The van der Waals surface area contributed by atoms with Gasteiger partial charge in [0, 0.05) is 29.2 Å². The summed E-state index contributed by atoms with van der Waals surface area (Å²) in [6.45, 7) is 10.0. The number of thiophene rings is 1. The van der Waals surface area contributed by atoms with E-state index < -0.39 is 0 Å². The Bertz CT molecular complexity index is 1590. The molecule has 37 heavy (non-hydrogen) atoms. The maximum Gasteiger partial charge on any atom is 0.228 e. The molecule has 3 N–H and O–H groups in total. The van der Waals surface area contributed by atoms with Crippen molar-refractivity contribution in [2.75, 3.05) is 11.1 Å². The van der Waals surface area contributed by atoms with Crippen molar-refractivity contribution >= 4 is 40.9 Å². The third-order valence-corrected chi connectivity index (χ3v) is 6.53. The molecule has 4 heterocycles. The number of hydrogen-bond donors (Lipinski definition) is 2. The van der Waals surface area contributed by atoms with Crippen LogP contribution < -0.4 is 15.8 Å². The zero-order valence-electron chi connectivity index (χ0n) is 20.0. The minimum Gasteiger partial charge on any atom is -0.438 e. The highest BCUT2D eigenvalue weighted by Gasteiger charge is 2.16. The normalized spacial score (nSPS) is 10.6. The Morgan fingerprint density at radius 1 is 0.973 bits per heavy atom. The van der Waals surface area contributed by atoms with E-state index in [-0.39, 0.29) is 5.95 Å². The summed E-state index contributed by atoms with van der Waals surface area (Å²) in [5.41, 5.74) is 11.6. The van der Waals surface area contributed by atoms with Gasteiger partial charge in [-0.15, -0.1) is 21.5 Å². The molecule has 0 radical (unpaired) electrons. The third-order valence-electron chi connectivity index (χ3n) is 5.48. The van der Waals surface area contributed by atoms with E-state index in [0.29, 0.717) is 28.7 Å². The van der Waals surface area contributed by atoms with Crippen molar-refractivity contribution in [1.82, 2.24) is 25.1 Å². The topological polar surface area (TPSA) is 112 Å². The second-order valence-electron chi connectivity index (χ2n) is 8.03. The molecule has 8 nitrogen and oxygen atoms in total. The molecule has 0 unspecified atom stereocenters. The summed E-state index contributed by atoms with van der Waals surface area (Å²) < 4.78 is 6.06. The maximum absolute atomic E-state index is 6.06. The van der Waals surface area contributed by atoms with Crippen LogP contribution in [-0.2, 0) is 0 Å². The third kappa shape index (κ3) is 5.07. The van der Waals surface area contributed by atoms with Crippen molar-refractivity contribution in [3.63, 3.8) is 0 Å². The Balaban J connectivity index is 1.39. The molecule has 1 aromatic carbocycles. The molecule has 0 saturated heterocycles. The zero-order chi connectivity index (χ0) is 25.8. The number of pyridine rings is 1. The monoisotopic (exact) mass is 505 g/mol. The summed E-state index contributed by atoms with van der Waals surface area (Å²) in [6, 6.07) is 15.0. The van der Waals surface area contributed by atoms with E-state index in [1.54, 1.807) is 41.9 Å². The summed E-state index contributed by atoms with van der Waals surface area (Å²) in [7, 11) is 0. The highest BCUT2D eigenvalue weighted by Crippen LogP contribution is 2.35. The van der Waals surface area contributed by atoms with E-state index in [0.717, 1.165) is 27.4 Å². The molecule has 0 aliphatic heterocycles. The lowest BCUT2D eigenvalue weighted by atomic mass is 10.1. The van der Waals surface area contributed by atoms with Crippen LogP contribution in [-0.4, -0.2) is 25.1 Å². The highest BCUT2D eigenvalue weighted by atomic mass is 32.1. The summed E-state index contributed by atoms with van der Waals surface area (Å²) in [4.78, 5) is 13.6. The molecule has 0 atom stereocenters. The van der Waals surface area contributed by atoms with Crippen LogP contribution in [0.2, 0.25) is 0 Å². The molecule has 0 aliphatic carbocycles. The van der Waals surface area contributed by atoms with E-state index in [9.17, 15) is 0 Å². The fourth-order valence-corrected chi connectivity index (χ4v) is 4.65. The minimum atomic E-state index is 0.183. The molecule has 4 aromatic heterocycles. The SMILES string of the molecule is C=Cc1c(Nc2ccc(Oc3ncccc3-c3ccnc(N)n3)cc2)nnc(-c2cc(C)cs2)c1C=C. The van der Waals surface area contributed by atoms with E-state index >= 15 is 0 Å². The van der Waals surface area contributed by atoms with Gasteiger partial charge in [-0.1, -0.05) is 25.3 Å². The Kier molecular flexibility index (Phi) is 6.69. The Labute approximate surface area is 218 Å². The fourth-order valence-electron chi connectivity index (χ4n) is 3.75. The predicted molar refractivity (Wildman–Crippen MR) is 150 cm³/mol. The van der Waals surface area contributed by atoms with Crippen molar-refractivity contribution in [1.29, 1.82) is 0 Å². The quantitative estimate of drug-likeness (QED) is 0.238. The lowest BCUT2D eigenvalue weighted by molar-refractivity contribution is 0.465. The van der Waals surface area contributed by atoms with Crippen molar-refractivity contribution in [2.45, 2.75) is 6.92 Å². The molecule has 182 valence electrons. The van der Waals surface area contributed by atoms with Crippen molar-refractivity contribution in [3.8, 4) is 33.5 Å². The summed E-state index contributed by atoms with van der Waals surface area (Å²) in [5, 5.41) is 14.3. The average Bonchev–Trinajstić information content (AvgIpc) is 3.35. The van der Waals surface area contributed by atoms with Crippen LogP contribution in [0.5, 0.6) is 11.6 Å². The van der Waals surface area contributed by atoms with Crippen LogP contribution in [0.15, 0.2) is 79.5 Å². The van der Waals surface area contributed by atoms with Gasteiger partial charge in [0.1, 0.15) is 11.4 Å². The number of anilines is 3. The van der Waals surface area contributed by atoms with Gasteiger partial charge in [-0.05, 0) is 66.4 Å². The minimum absolute atomic E-state index is 0.183. The van der Waals surface area contributed by atoms with Gasteiger partial charge in [0.15, 0.2) is 5.82 Å². The second-order valence-corrected chi connectivity index (χ2v) is 8.94. The van der Waals surface area contributed by atoms with Crippen LogP contribution in [0.3, 0.4) is 0 Å². The van der Waals surface area contributed by atoms with Gasteiger partial charge in [0.25, 0.3) is 0 Å². The number of aryl methyl sites for hydroxylation is 1. The van der Waals surface area contributed by atoms with Gasteiger partial charge in [0.2, 0.25) is 11.8 Å². The standard InChI is InChI=1S/C28H23N7OS/c1-4-20-21(5-2)26(35-34-25(20)24-15-17(3)16-37-24)32-18-8-10-19(11-9-18)36-27-22(7-6-13-30-27)23-12-14-31-28(29)33-23/h4-16H,1-2H2,3H3,(H,32,35)(H2,29,31,33). The largest absolute Gasteiger partial charge is 0.438 e. The number of aromatic nitrogens is 5. The number of ether oxygens (including phenoxy) is 1. The number of nitrogen functional groups attached to an aromatic ring is 1. The van der Waals surface area contributed by atoms with Crippen LogP contribution in [0, 0.1) is 6.92 Å². The average molecular weight is 506 g/mol. The molecule has 5 aromatic rings. The first-order valence-corrected chi connectivity index (χ1v) is 12.2. The molecule has 5 rings (SSSR count). The number of benzene rings is 1. The van der Waals surface area contributed by atoms with E-state index in [4.69, 9.17) is 10.5 Å². The number of nitrogens with one attached hydrogen (secondary N) is 1. The number of rotatable bonds is 8. The zero-order valence-corrected chi connectivity index (χ0v) is 20.9. The first kappa shape index (κ1) is 23.8. The Morgan fingerprint density at radius 3 is 2.49 bits per heavy atom. The van der Waals surface area contributed by atoms with Gasteiger partial charge in [-0.25, -0.2) is 15.0 Å². The summed E-state index contributed by atoms with van der Waals surface area (Å²) in [5.74, 6) is 1.79. The lowest BCUT2D eigenvalue weighted by Gasteiger charge is -2.14. The fraction of sp³-hybridized carbons (Fsp3) is 0.0357. The molecule has 9 heteroatoms. The molecule has 0 bridgehead atoms. The molecule has 0 amide bonds. The number of hydrogen-bond acceptors (Lipinski definition) is 9. The van der Waals surface area contributed by atoms with Crippen LogP contribution in [0.1, 0.15) is 16.7 Å². The van der Waals surface area contributed by atoms with Crippen molar-refractivity contribution in [2.24, 2.45) is 0 Å². The van der Waals surface area contributed by atoms with E-state index in [2.05, 4.69) is 62.0 Å². The highest BCUT2D eigenvalue weighted by molar-refractivity contribution is 7.13. The first-order valence-electron chi connectivity index (χ1n) is 11.4. The second kappa shape index (κ2) is 10.4. The Morgan fingerprint density at radius 2 is 1.78 bits per heavy atom. The van der Waals surface area contributed by atoms with Crippen molar-refractivity contribution in [3.05, 3.63) is 96.2 Å². The van der Waals surface area contributed by atoms with Gasteiger partial charge in [-0.3, -0.25) is 0 Å². The van der Waals surface area contributed by atoms with Crippen LogP contribution >= 0.6 is 11.3 Å². The summed E-state index contributed by atoms with van der Waals surface area (Å²) in [6.07, 6.45) is 6.81. The van der Waals surface area contributed by atoms with E-state index in [1.807, 2.05) is 36.4 Å². The smallest absolute Gasteiger partial charge is 0.228 e. The number of nitrogens with two attached hydrogens (primary N) is 1. The first-order chi connectivity index (χ1) is 18.1. The number of nitrogens with zero attached hydrogens (tertiary/aromatic N) is 5. The lowest BCUT2D eigenvalue weighted by Crippen LogP contribution is -2.03. The van der Waals surface area contributed by atoms with E-state index in [1.165, 1.54) is 5.56 Å². The van der Waals surface area contributed by atoms with Gasteiger partial charge >= 0.3 is 0 Å². The van der Waals surface area contributed by atoms with Crippen LogP contribution in [0.25, 0.3) is 34.0 Å². The molecular formula is C28H23N7OS. The van der Waals surface area contributed by atoms with Gasteiger partial charge in [0.05, 0.1) is 16.1 Å². The predicted octanol–water partition coefficient (Wildman–Crippen LogP) is 6.77. The maximum atomic E-state index is 6.06. The molecule has 0 saturated carbocycles. The molecular weight excluding hydrogens is 482 g/mol. The molecule has 0 spiro atoms. The van der Waals surface area contributed by atoms with Crippen molar-refractivity contribution < 1.29 is 4.74 Å². The molecule has 0 aliphatic rings. The van der Waals surface area contributed by atoms with Crippen LogP contribution in [0.4, 0.5) is 17.5 Å². The molecule has 0 fully saturated rings. The van der Waals surface area contributed by atoms with Gasteiger partial charge < -0.3 is 15.8 Å². The van der Waals surface area contributed by atoms with Gasteiger partial charge in [-0.2, -0.15) is 0 Å². The summed E-state index contributed by atoms with van der Waals surface area (Å²) >= 11 is 1.63.